The molecule has 1 unspecified atom stereocenters. The van der Waals surface area contributed by atoms with Crippen LogP contribution in [0.2, 0.25) is 0 Å². The van der Waals surface area contributed by atoms with Gasteiger partial charge in [0.25, 0.3) is 0 Å². The number of aromatic nitrogens is 1. The molecule has 31 heavy (non-hydrogen) atoms. The number of Topliss-reactive ketones (excluding diaryl/α,β-unsaturated/α-hetero) is 1. The van der Waals surface area contributed by atoms with Crippen LogP contribution in [0.4, 0.5) is 0 Å². The molecule has 0 bridgehead atoms. The number of nitrogens with one attached hydrogen (secondary N) is 1. The van der Waals surface area contributed by atoms with Gasteiger partial charge in [0.2, 0.25) is 11.7 Å². The highest BCUT2D eigenvalue weighted by Crippen LogP contribution is 2.25. The lowest BCUT2D eigenvalue weighted by molar-refractivity contribution is -0.155. The van der Waals surface area contributed by atoms with Gasteiger partial charge >= 0.3 is 11.9 Å². The largest absolute Gasteiger partial charge is 0.462 e. The SMILES string of the molecule is CCOC(=O)c1c(C)[nH]c(C(=O)C(C)OC(=O)C2CCN(C(=O)C(C)(C)C)CC2)c1C. The van der Waals surface area contributed by atoms with Crippen molar-refractivity contribution in [3.63, 3.8) is 0 Å². The van der Waals surface area contributed by atoms with Crippen LogP contribution >= 0.6 is 0 Å². The van der Waals surface area contributed by atoms with Crippen molar-refractivity contribution in [2.24, 2.45) is 11.3 Å². The van der Waals surface area contributed by atoms with E-state index in [9.17, 15) is 19.2 Å². The summed E-state index contributed by atoms with van der Waals surface area (Å²) in [5, 5.41) is 0. The minimum Gasteiger partial charge on any atom is -0.462 e. The third-order valence-electron chi connectivity index (χ3n) is 5.58. The number of hydrogen-bond acceptors (Lipinski definition) is 6. The zero-order chi connectivity index (χ0) is 23.5. The number of carbonyl (C=O) groups excluding carboxylic acids is 4. The van der Waals surface area contributed by atoms with Gasteiger partial charge in [-0.1, -0.05) is 20.8 Å². The van der Waals surface area contributed by atoms with Gasteiger partial charge in [0.15, 0.2) is 6.10 Å². The standard InChI is InChI=1S/C23H34N2O6/c1-8-30-21(28)17-13(2)18(24-14(17)3)19(26)15(4)31-20(27)16-9-11-25(12-10-16)22(29)23(5,6)7/h15-16,24H,8-12H2,1-7H3. The summed E-state index contributed by atoms with van der Waals surface area (Å²) < 4.78 is 10.5. The van der Waals surface area contributed by atoms with E-state index in [4.69, 9.17) is 9.47 Å². The van der Waals surface area contributed by atoms with Crippen molar-refractivity contribution >= 4 is 23.6 Å². The van der Waals surface area contributed by atoms with Crippen molar-refractivity contribution in [2.45, 2.75) is 67.4 Å². The molecule has 1 N–H and O–H groups in total. The minimum absolute atomic E-state index is 0.0675. The van der Waals surface area contributed by atoms with Gasteiger partial charge in [-0.3, -0.25) is 14.4 Å². The Morgan fingerprint density at radius 3 is 2.23 bits per heavy atom. The van der Waals surface area contributed by atoms with Crippen molar-refractivity contribution in [3.8, 4) is 0 Å². The number of ether oxygens (including phenoxy) is 2. The second-order valence-electron chi connectivity index (χ2n) is 9.11. The lowest BCUT2D eigenvalue weighted by Crippen LogP contribution is -2.45. The van der Waals surface area contributed by atoms with E-state index in [1.807, 2.05) is 20.8 Å². The quantitative estimate of drug-likeness (QED) is 0.544. The van der Waals surface area contributed by atoms with E-state index in [0.717, 1.165) is 0 Å². The highest BCUT2D eigenvalue weighted by Gasteiger charge is 2.34. The van der Waals surface area contributed by atoms with Crippen LogP contribution in [0.3, 0.4) is 0 Å². The fourth-order valence-electron chi connectivity index (χ4n) is 3.83. The Hall–Kier alpha value is -2.64. The van der Waals surface area contributed by atoms with Gasteiger partial charge < -0.3 is 19.4 Å². The van der Waals surface area contributed by atoms with E-state index in [2.05, 4.69) is 4.98 Å². The number of esters is 2. The number of amides is 1. The lowest BCUT2D eigenvalue weighted by Gasteiger charge is -2.35. The predicted molar refractivity (Wildman–Crippen MR) is 115 cm³/mol. The van der Waals surface area contributed by atoms with Gasteiger partial charge in [0.1, 0.15) is 0 Å². The van der Waals surface area contributed by atoms with Crippen molar-refractivity contribution in [3.05, 3.63) is 22.5 Å². The third kappa shape index (κ3) is 5.54. The molecule has 2 rings (SSSR count). The molecule has 1 aromatic heterocycles. The number of nitrogens with zero attached hydrogens (tertiary/aromatic N) is 1. The maximum absolute atomic E-state index is 12.9. The molecule has 8 heteroatoms. The van der Waals surface area contributed by atoms with Crippen LogP contribution in [0, 0.1) is 25.2 Å². The van der Waals surface area contributed by atoms with Crippen molar-refractivity contribution < 1.29 is 28.7 Å². The number of H-pyrrole nitrogens is 1. The Bertz CT molecular complexity index is 856. The molecular weight excluding hydrogens is 400 g/mol. The number of ketones is 1. The number of rotatable bonds is 6. The predicted octanol–water partition coefficient (Wildman–Crippen LogP) is 3.21. The maximum Gasteiger partial charge on any atom is 0.340 e. The molecule has 1 saturated heterocycles. The maximum atomic E-state index is 12.9. The number of piperidine rings is 1. The first-order chi connectivity index (χ1) is 14.4. The number of aryl methyl sites for hydroxylation is 1. The second kappa shape index (κ2) is 9.66. The Morgan fingerprint density at radius 2 is 1.71 bits per heavy atom. The molecule has 0 radical (unpaired) electrons. The molecule has 2 heterocycles. The summed E-state index contributed by atoms with van der Waals surface area (Å²) >= 11 is 0. The number of hydrogen-bond donors (Lipinski definition) is 1. The van der Waals surface area contributed by atoms with E-state index in [1.165, 1.54) is 6.92 Å². The van der Waals surface area contributed by atoms with Crippen LogP contribution in [-0.4, -0.2) is 59.3 Å². The summed E-state index contributed by atoms with van der Waals surface area (Å²) in [6.45, 7) is 13.5. The number of aromatic amines is 1. The average molecular weight is 435 g/mol. The van der Waals surface area contributed by atoms with Crippen LogP contribution in [0.15, 0.2) is 0 Å². The third-order valence-corrected chi connectivity index (χ3v) is 5.58. The Labute approximate surface area is 183 Å². The van der Waals surface area contributed by atoms with Crippen LogP contribution in [-0.2, 0) is 19.1 Å². The van der Waals surface area contributed by atoms with Crippen LogP contribution in [0.25, 0.3) is 0 Å². The lowest BCUT2D eigenvalue weighted by atomic mass is 9.91. The minimum atomic E-state index is -0.992. The molecule has 8 nitrogen and oxygen atoms in total. The Morgan fingerprint density at radius 1 is 1.13 bits per heavy atom. The number of carbonyl (C=O) groups is 4. The van der Waals surface area contributed by atoms with E-state index < -0.39 is 29.2 Å². The molecule has 1 aliphatic heterocycles. The molecule has 0 aromatic carbocycles. The van der Waals surface area contributed by atoms with E-state index in [0.29, 0.717) is 42.8 Å². The van der Waals surface area contributed by atoms with Gasteiger partial charge in [0, 0.05) is 24.2 Å². The topological polar surface area (TPSA) is 106 Å². The first kappa shape index (κ1) is 24.6. The Balaban J connectivity index is 2.00. The van der Waals surface area contributed by atoms with Gasteiger partial charge in [-0.05, 0) is 46.1 Å². The van der Waals surface area contributed by atoms with E-state index in [-0.39, 0.29) is 24.1 Å². The summed E-state index contributed by atoms with van der Waals surface area (Å²) in [5.74, 6) is -1.60. The van der Waals surface area contributed by atoms with E-state index >= 15 is 0 Å². The van der Waals surface area contributed by atoms with Gasteiger partial charge in [-0.25, -0.2) is 4.79 Å². The fourth-order valence-corrected chi connectivity index (χ4v) is 3.83. The molecule has 0 saturated carbocycles. The molecule has 1 aromatic rings. The van der Waals surface area contributed by atoms with Crippen LogP contribution in [0.1, 0.15) is 79.6 Å². The summed E-state index contributed by atoms with van der Waals surface area (Å²) in [5.41, 5.74) is 1.14. The summed E-state index contributed by atoms with van der Waals surface area (Å²) in [4.78, 5) is 54.7. The number of likely N-dealkylation sites (tertiary alicyclic amines) is 1. The van der Waals surface area contributed by atoms with Gasteiger partial charge in [0.05, 0.1) is 23.8 Å². The molecule has 0 spiro atoms. The molecular formula is C23H34N2O6. The molecule has 0 aliphatic carbocycles. The zero-order valence-corrected chi connectivity index (χ0v) is 19.6. The van der Waals surface area contributed by atoms with E-state index in [1.54, 1.807) is 25.7 Å². The highest BCUT2D eigenvalue weighted by atomic mass is 16.5. The fraction of sp³-hybridized carbons (Fsp3) is 0.652. The molecule has 172 valence electrons. The van der Waals surface area contributed by atoms with Gasteiger partial charge in [-0.2, -0.15) is 0 Å². The Kier molecular flexibility index (Phi) is 7.68. The summed E-state index contributed by atoms with van der Waals surface area (Å²) in [6.07, 6.45) is 0.0262. The normalized spacial score (nSPS) is 16.0. The molecule has 1 atom stereocenters. The second-order valence-corrected chi connectivity index (χ2v) is 9.11. The summed E-state index contributed by atoms with van der Waals surface area (Å²) in [7, 11) is 0. The average Bonchev–Trinajstić information content (AvgIpc) is 3.00. The van der Waals surface area contributed by atoms with Gasteiger partial charge in [-0.15, -0.1) is 0 Å². The van der Waals surface area contributed by atoms with Crippen molar-refractivity contribution in [1.29, 1.82) is 0 Å². The first-order valence-corrected chi connectivity index (χ1v) is 10.8. The van der Waals surface area contributed by atoms with Crippen molar-refractivity contribution in [1.82, 2.24) is 9.88 Å². The van der Waals surface area contributed by atoms with Crippen molar-refractivity contribution in [2.75, 3.05) is 19.7 Å². The molecule has 1 aliphatic rings. The van der Waals surface area contributed by atoms with Crippen LogP contribution < -0.4 is 0 Å². The zero-order valence-electron chi connectivity index (χ0n) is 19.6. The monoisotopic (exact) mass is 434 g/mol. The molecule has 1 amide bonds. The summed E-state index contributed by atoms with van der Waals surface area (Å²) in [6, 6.07) is 0. The molecule has 1 fully saturated rings. The smallest absolute Gasteiger partial charge is 0.340 e. The van der Waals surface area contributed by atoms with Crippen LogP contribution in [0.5, 0.6) is 0 Å². The first-order valence-electron chi connectivity index (χ1n) is 10.8. The highest BCUT2D eigenvalue weighted by molar-refractivity contribution is 6.04.